The molecule has 0 fully saturated rings. The van der Waals surface area contributed by atoms with E-state index in [0.29, 0.717) is 0 Å². The molecule has 0 aliphatic carbocycles. The molecule has 0 unspecified atom stereocenters. The van der Waals surface area contributed by atoms with Gasteiger partial charge in [0.05, 0.1) is 9.68 Å². The third-order valence-electron chi connectivity index (χ3n) is 1.46. The van der Waals surface area contributed by atoms with Crippen LogP contribution in [0.2, 0.25) is 6.04 Å². The Morgan fingerprint density at radius 2 is 2.10 bits per heavy atom. The van der Waals surface area contributed by atoms with E-state index in [-0.39, 0.29) is 9.68 Å². The molecule has 2 N–H and O–H groups in total. The smallest absolute Gasteiger partial charge is 0.0930 e. The van der Waals surface area contributed by atoms with Gasteiger partial charge in [0, 0.05) is 6.67 Å². The SMILES string of the molecule is CCCC[SiH2]NCNCC. The predicted octanol–water partition coefficient (Wildman–Crippen LogP) is 0.445. The Balaban J connectivity index is 2.65. The minimum Gasteiger partial charge on any atom is -0.331 e. The maximum Gasteiger partial charge on any atom is 0.0930 e. The molecule has 10 heavy (non-hydrogen) atoms. The molecule has 3 heteroatoms. The summed E-state index contributed by atoms with van der Waals surface area (Å²) in [7, 11) is 0.0675. The average Bonchev–Trinajstić information content (AvgIpc) is 1.97. The number of rotatable bonds is 7. The second-order valence-electron chi connectivity index (χ2n) is 2.49. The van der Waals surface area contributed by atoms with E-state index in [4.69, 9.17) is 0 Å². The highest BCUT2D eigenvalue weighted by Gasteiger charge is 1.85. The molecule has 0 bridgehead atoms. The Morgan fingerprint density at radius 3 is 2.70 bits per heavy atom. The largest absolute Gasteiger partial charge is 0.331 e. The zero-order valence-electron chi connectivity index (χ0n) is 7.24. The van der Waals surface area contributed by atoms with Crippen molar-refractivity contribution in [3.63, 3.8) is 0 Å². The summed E-state index contributed by atoms with van der Waals surface area (Å²) in [5.41, 5.74) is 0. The van der Waals surface area contributed by atoms with E-state index < -0.39 is 0 Å². The van der Waals surface area contributed by atoms with Gasteiger partial charge in [0.25, 0.3) is 0 Å². The van der Waals surface area contributed by atoms with Gasteiger partial charge in [-0.1, -0.05) is 26.7 Å². The van der Waals surface area contributed by atoms with Gasteiger partial charge < -0.3 is 10.3 Å². The van der Waals surface area contributed by atoms with Crippen molar-refractivity contribution in [3.8, 4) is 0 Å². The van der Waals surface area contributed by atoms with E-state index in [1.807, 2.05) is 0 Å². The summed E-state index contributed by atoms with van der Waals surface area (Å²) in [6.07, 6.45) is 2.75. The highest BCUT2D eigenvalue weighted by molar-refractivity contribution is 6.31. The molecule has 0 rings (SSSR count). The normalized spacial score (nSPS) is 11.4. The van der Waals surface area contributed by atoms with Gasteiger partial charge in [-0.2, -0.15) is 0 Å². The number of nitrogens with one attached hydrogen (secondary N) is 2. The zero-order chi connectivity index (χ0) is 7.66. The van der Waals surface area contributed by atoms with Gasteiger partial charge in [0.15, 0.2) is 0 Å². The highest BCUT2D eigenvalue weighted by Crippen LogP contribution is 1.90. The fourth-order valence-corrected chi connectivity index (χ4v) is 2.16. The van der Waals surface area contributed by atoms with Crippen LogP contribution in [0.3, 0.4) is 0 Å². The summed E-state index contributed by atoms with van der Waals surface area (Å²) < 4.78 is 0. The first-order valence-corrected chi connectivity index (χ1v) is 6.04. The molecule has 0 aromatic carbocycles. The van der Waals surface area contributed by atoms with Gasteiger partial charge >= 0.3 is 0 Å². The van der Waals surface area contributed by atoms with Gasteiger partial charge in [-0.25, -0.2) is 0 Å². The molecule has 0 atom stereocenters. The molecule has 0 saturated carbocycles. The van der Waals surface area contributed by atoms with Crippen molar-refractivity contribution in [1.29, 1.82) is 0 Å². The van der Waals surface area contributed by atoms with Crippen LogP contribution in [0.15, 0.2) is 0 Å². The third-order valence-corrected chi connectivity index (χ3v) is 2.91. The van der Waals surface area contributed by atoms with Crippen LogP contribution in [0.5, 0.6) is 0 Å². The van der Waals surface area contributed by atoms with Crippen LogP contribution in [-0.4, -0.2) is 22.9 Å². The van der Waals surface area contributed by atoms with E-state index >= 15 is 0 Å². The Labute approximate surface area is 66.7 Å². The molecule has 0 aromatic rings. The third kappa shape index (κ3) is 8.14. The summed E-state index contributed by atoms with van der Waals surface area (Å²) in [6, 6.07) is 1.45. The van der Waals surface area contributed by atoms with E-state index in [0.717, 1.165) is 13.2 Å². The molecule has 0 aromatic heterocycles. The lowest BCUT2D eigenvalue weighted by molar-refractivity contribution is 0.700. The predicted molar refractivity (Wildman–Crippen MR) is 49.9 cm³/mol. The number of hydrogen-bond acceptors (Lipinski definition) is 2. The van der Waals surface area contributed by atoms with Gasteiger partial charge in [-0.05, 0) is 12.6 Å². The van der Waals surface area contributed by atoms with Gasteiger partial charge in [-0.3, -0.25) is 0 Å². The lowest BCUT2D eigenvalue weighted by Gasteiger charge is -2.02. The quantitative estimate of drug-likeness (QED) is 0.321. The van der Waals surface area contributed by atoms with Gasteiger partial charge in [-0.15, -0.1) is 0 Å². The highest BCUT2D eigenvalue weighted by atomic mass is 28.2. The molecular weight excluding hydrogens is 140 g/mol. The first-order valence-electron chi connectivity index (χ1n) is 4.33. The fraction of sp³-hybridized carbons (Fsp3) is 1.00. The van der Waals surface area contributed by atoms with Crippen molar-refractivity contribution < 1.29 is 0 Å². The molecule has 0 spiro atoms. The Hall–Kier alpha value is 0.137. The monoisotopic (exact) mass is 160 g/mol. The minimum atomic E-state index is 0.0675. The molecule has 0 aliphatic rings. The summed E-state index contributed by atoms with van der Waals surface area (Å²) in [5, 5.41) is 3.25. The average molecular weight is 160 g/mol. The summed E-state index contributed by atoms with van der Waals surface area (Å²) >= 11 is 0. The summed E-state index contributed by atoms with van der Waals surface area (Å²) in [6.45, 7) is 6.48. The van der Waals surface area contributed by atoms with E-state index in [2.05, 4.69) is 24.1 Å². The molecule has 2 nitrogen and oxygen atoms in total. The lowest BCUT2D eigenvalue weighted by Crippen LogP contribution is -2.31. The lowest BCUT2D eigenvalue weighted by atomic mass is 10.4. The Morgan fingerprint density at radius 1 is 1.30 bits per heavy atom. The summed E-state index contributed by atoms with van der Waals surface area (Å²) in [5.74, 6) is 0. The molecule has 0 aliphatic heterocycles. The fourth-order valence-electron chi connectivity index (χ4n) is 0.802. The van der Waals surface area contributed by atoms with Crippen molar-refractivity contribution in [3.05, 3.63) is 0 Å². The minimum absolute atomic E-state index is 0.0675. The molecule has 62 valence electrons. The van der Waals surface area contributed by atoms with E-state index in [1.54, 1.807) is 0 Å². The number of unbranched alkanes of at least 4 members (excludes halogenated alkanes) is 1. The van der Waals surface area contributed by atoms with Crippen LogP contribution in [0.4, 0.5) is 0 Å². The van der Waals surface area contributed by atoms with E-state index in [1.165, 1.54) is 18.9 Å². The van der Waals surface area contributed by atoms with Crippen molar-refractivity contribution in [2.24, 2.45) is 0 Å². The standard InChI is InChI=1S/C7H20N2Si/c1-3-5-6-10-9-7-8-4-2/h8-9H,3-7,10H2,1-2H3. The Kier molecular flexibility index (Phi) is 9.26. The first kappa shape index (κ1) is 10.1. The molecule has 0 heterocycles. The van der Waals surface area contributed by atoms with Gasteiger partial charge in [0.2, 0.25) is 0 Å². The van der Waals surface area contributed by atoms with Crippen LogP contribution in [0, 0.1) is 0 Å². The van der Waals surface area contributed by atoms with E-state index in [9.17, 15) is 0 Å². The van der Waals surface area contributed by atoms with Crippen molar-refractivity contribution in [2.45, 2.75) is 32.7 Å². The maximum absolute atomic E-state index is 3.45. The number of hydrogen-bond donors (Lipinski definition) is 2. The van der Waals surface area contributed by atoms with Crippen LogP contribution >= 0.6 is 0 Å². The van der Waals surface area contributed by atoms with Crippen LogP contribution in [0.1, 0.15) is 26.7 Å². The molecular formula is C7H20N2Si. The van der Waals surface area contributed by atoms with Crippen LogP contribution < -0.4 is 10.3 Å². The van der Waals surface area contributed by atoms with Crippen LogP contribution in [0.25, 0.3) is 0 Å². The second-order valence-corrected chi connectivity index (χ2v) is 4.19. The van der Waals surface area contributed by atoms with Crippen LogP contribution in [-0.2, 0) is 0 Å². The molecule has 0 saturated heterocycles. The second kappa shape index (κ2) is 9.14. The zero-order valence-corrected chi connectivity index (χ0v) is 8.66. The van der Waals surface area contributed by atoms with Crippen molar-refractivity contribution >= 4 is 9.68 Å². The topological polar surface area (TPSA) is 24.1 Å². The summed E-state index contributed by atoms with van der Waals surface area (Å²) in [4.78, 5) is 3.45. The molecule has 0 amide bonds. The maximum atomic E-state index is 3.45. The Bertz CT molecular complexity index is 51.6. The van der Waals surface area contributed by atoms with Crippen molar-refractivity contribution in [1.82, 2.24) is 10.3 Å². The van der Waals surface area contributed by atoms with Crippen molar-refractivity contribution in [2.75, 3.05) is 13.2 Å². The first-order chi connectivity index (χ1) is 4.91. The van der Waals surface area contributed by atoms with Gasteiger partial charge in [0.1, 0.15) is 0 Å². The molecule has 0 radical (unpaired) electrons.